The van der Waals surface area contributed by atoms with Crippen molar-refractivity contribution in [1.29, 1.82) is 0 Å². The van der Waals surface area contributed by atoms with Gasteiger partial charge in [0.25, 0.3) is 0 Å². The Balaban J connectivity index is -0.0000000450. The monoisotopic (exact) mass is 142 g/mol. The van der Waals surface area contributed by atoms with Crippen LogP contribution in [0, 0.1) is 0 Å². The molecule has 6 heavy (non-hydrogen) atoms. The first-order valence-electron chi connectivity index (χ1n) is 0.651. The molecule has 0 saturated carbocycles. The molecule has 0 heterocycles. The van der Waals surface area contributed by atoms with Gasteiger partial charge in [-0.15, -0.1) is 0 Å². The Morgan fingerprint density at radius 1 is 1.33 bits per heavy atom. The molecule has 0 radical (unpaired) electrons. The van der Waals surface area contributed by atoms with Crippen molar-refractivity contribution >= 4 is 6.16 Å². The van der Waals surface area contributed by atoms with Gasteiger partial charge in [0.2, 0.25) is 0 Å². The Kier molecular flexibility index (Phi) is 25.3. The Hall–Kier alpha value is -0.251. The summed E-state index contributed by atoms with van der Waals surface area (Å²) in [6.45, 7) is 0. The Morgan fingerprint density at radius 2 is 1.33 bits per heavy atom. The van der Waals surface area contributed by atoms with Crippen LogP contribution in [-0.2, 0) is 17.1 Å². The molecule has 0 spiro atoms. The van der Waals surface area contributed by atoms with Gasteiger partial charge in [-0.25, -0.2) is 4.79 Å². The zero-order chi connectivity index (χ0) is 3.58. The van der Waals surface area contributed by atoms with Crippen LogP contribution in [0.25, 0.3) is 0 Å². The number of hydrogen-bond acceptors (Lipinski definition) is 2. The molecule has 0 amide bonds. The smallest absolute Gasteiger partial charge is 0.870 e. The third-order valence-corrected chi connectivity index (χ3v) is 0. The minimum absolute atomic E-state index is 0. The third kappa shape index (κ3) is 452. The SMILES string of the molecule is O=C(O)O.[Cu+].[OH-]. The summed E-state index contributed by atoms with van der Waals surface area (Å²) in [4.78, 5) is 8.56. The van der Waals surface area contributed by atoms with E-state index in [0.29, 0.717) is 0 Å². The van der Waals surface area contributed by atoms with Gasteiger partial charge in [-0.3, -0.25) is 0 Å². The second kappa shape index (κ2) is 8.83. The van der Waals surface area contributed by atoms with Crippen molar-refractivity contribution in [3.63, 3.8) is 0 Å². The number of carboxylic acid groups (broad SMARTS) is 2. The molecule has 3 N–H and O–H groups in total. The summed E-state index contributed by atoms with van der Waals surface area (Å²) >= 11 is 0. The second-order valence-electron chi connectivity index (χ2n) is 0.283. The van der Waals surface area contributed by atoms with Crippen molar-refractivity contribution in [1.82, 2.24) is 0 Å². The average molecular weight is 143 g/mol. The van der Waals surface area contributed by atoms with Crippen molar-refractivity contribution < 1.29 is 37.6 Å². The Morgan fingerprint density at radius 3 is 1.33 bits per heavy atom. The quantitative estimate of drug-likeness (QED) is 0.468. The van der Waals surface area contributed by atoms with E-state index in [-0.39, 0.29) is 22.5 Å². The summed E-state index contributed by atoms with van der Waals surface area (Å²) in [5.41, 5.74) is 0. The predicted octanol–water partition coefficient (Wildman–Crippen LogP) is 0.0431. The van der Waals surface area contributed by atoms with Crippen LogP contribution in [0.15, 0.2) is 0 Å². The van der Waals surface area contributed by atoms with Gasteiger partial charge in [-0.1, -0.05) is 0 Å². The molecule has 0 aromatic rings. The summed E-state index contributed by atoms with van der Waals surface area (Å²) in [5, 5.41) is 13.9. The molecule has 0 aliphatic heterocycles. The van der Waals surface area contributed by atoms with Gasteiger partial charge < -0.3 is 15.7 Å². The standard InChI is InChI=1S/CH2O3.Cu.H2O/c2-1(3)4;;/h(H2,2,3,4);;1H2/q;+1;/p-1. The van der Waals surface area contributed by atoms with E-state index in [1.165, 1.54) is 0 Å². The maximum atomic E-state index is 8.56. The fourth-order valence-corrected chi connectivity index (χ4v) is 0. The van der Waals surface area contributed by atoms with Gasteiger partial charge in [0.15, 0.2) is 0 Å². The van der Waals surface area contributed by atoms with Gasteiger partial charge in [0.05, 0.1) is 0 Å². The van der Waals surface area contributed by atoms with Gasteiger partial charge >= 0.3 is 23.2 Å². The minimum Gasteiger partial charge on any atom is -0.870 e. The first-order chi connectivity index (χ1) is 1.73. The normalized spacial score (nSPS) is 4.00. The number of hydrogen-bond donors (Lipinski definition) is 2. The average Bonchev–Trinajstić information content (AvgIpc) is 0.811. The third-order valence-electron chi connectivity index (χ3n) is 0. The van der Waals surface area contributed by atoms with Crippen LogP contribution in [0.1, 0.15) is 0 Å². The van der Waals surface area contributed by atoms with Crippen molar-refractivity contribution in [3.05, 3.63) is 0 Å². The number of rotatable bonds is 0. The van der Waals surface area contributed by atoms with Crippen LogP contribution in [0.3, 0.4) is 0 Å². The van der Waals surface area contributed by atoms with Crippen LogP contribution in [0.2, 0.25) is 0 Å². The molecule has 0 aromatic heterocycles. The van der Waals surface area contributed by atoms with Gasteiger partial charge in [-0.05, 0) is 0 Å². The van der Waals surface area contributed by atoms with E-state index < -0.39 is 6.16 Å². The van der Waals surface area contributed by atoms with Crippen molar-refractivity contribution in [2.24, 2.45) is 0 Å². The summed E-state index contributed by atoms with van der Waals surface area (Å²) < 4.78 is 0. The fraction of sp³-hybridized carbons (Fsp3) is 0. The van der Waals surface area contributed by atoms with Crippen molar-refractivity contribution in [2.75, 3.05) is 0 Å². The van der Waals surface area contributed by atoms with E-state index >= 15 is 0 Å². The zero-order valence-corrected chi connectivity index (χ0v) is 3.49. The van der Waals surface area contributed by atoms with Gasteiger partial charge in [-0.2, -0.15) is 0 Å². The van der Waals surface area contributed by atoms with Crippen LogP contribution in [-0.4, -0.2) is 21.8 Å². The summed E-state index contributed by atoms with van der Waals surface area (Å²) in [7, 11) is 0. The molecule has 5 heteroatoms. The van der Waals surface area contributed by atoms with E-state index in [9.17, 15) is 0 Å². The molecular formula is CH3CuO4. The minimum atomic E-state index is -1.83. The largest absolute Gasteiger partial charge is 1.00 e. The summed E-state index contributed by atoms with van der Waals surface area (Å²) in [5.74, 6) is 0. The first-order valence-corrected chi connectivity index (χ1v) is 0.651. The molecule has 0 saturated heterocycles. The zero-order valence-electron chi connectivity index (χ0n) is 2.55. The van der Waals surface area contributed by atoms with Crippen molar-refractivity contribution in [2.45, 2.75) is 0 Å². The van der Waals surface area contributed by atoms with E-state index in [2.05, 4.69) is 0 Å². The maximum Gasteiger partial charge on any atom is 1.00 e. The van der Waals surface area contributed by atoms with Crippen LogP contribution in [0.4, 0.5) is 4.79 Å². The first kappa shape index (κ1) is 17.2. The predicted molar refractivity (Wildman–Crippen MR) is 12.6 cm³/mol. The Labute approximate surface area is 44.6 Å². The second-order valence-corrected chi connectivity index (χ2v) is 0.283. The van der Waals surface area contributed by atoms with Crippen LogP contribution in [0.5, 0.6) is 0 Å². The molecule has 0 fully saturated rings. The number of carbonyl (C=O) groups is 1. The molecule has 0 aliphatic carbocycles. The Bertz CT molecular complexity index is 30.5. The van der Waals surface area contributed by atoms with E-state index in [1.54, 1.807) is 0 Å². The summed E-state index contributed by atoms with van der Waals surface area (Å²) in [6, 6.07) is 0. The van der Waals surface area contributed by atoms with Crippen LogP contribution < -0.4 is 0 Å². The fourth-order valence-electron chi connectivity index (χ4n) is 0. The van der Waals surface area contributed by atoms with Gasteiger partial charge in [0, 0.05) is 0 Å². The van der Waals surface area contributed by atoms with Crippen molar-refractivity contribution in [3.8, 4) is 0 Å². The molecule has 0 atom stereocenters. The molecule has 0 bridgehead atoms. The maximum absolute atomic E-state index is 8.56. The van der Waals surface area contributed by atoms with Crippen LogP contribution >= 0.6 is 0 Å². The molecule has 0 unspecified atom stereocenters. The molecule has 0 rings (SSSR count). The van der Waals surface area contributed by atoms with E-state index in [4.69, 9.17) is 15.0 Å². The summed E-state index contributed by atoms with van der Waals surface area (Å²) in [6.07, 6.45) is -1.83. The molecule has 42 valence electrons. The van der Waals surface area contributed by atoms with Gasteiger partial charge in [0.1, 0.15) is 0 Å². The molecule has 0 aliphatic rings. The molecule has 0 aromatic carbocycles. The molecular weight excluding hydrogens is 140 g/mol. The van der Waals surface area contributed by atoms with E-state index in [0.717, 1.165) is 0 Å². The topological polar surface area (TPSA) is 87.5 Å². The molecule has 4 nitrogen and oxygen atoms in total. The van der Waals surface area contributed by atoms with E-state index in [1.807, 2.05) is 0 Å².